The van der Waals surface area contributed by atoms with Crippen LogP contribution in [-0.2, 0) is 11.2 Å². The Morgan fingerprint density at radius 2 is 2.04 bits per heavy atom. The second-order valence-electron chi connectivity index (χ2n) is 6.94. The lowest BCUT2D eigenvalue weighted by Gasteiger charge is -2.37. The smallest absolute Gasteiger partial charge is 0.322 e. The first-order valence-corrected chi connectivity index (χ1v) is 8.71. The fraction of sp³-hybridized carbons (Fsp3) is 0.556. The zero-order chi connectivity index (χ0) is 15.8. The molecule has 2 heterocycles. The number of nitrogens with one attached hydrogen (secondary N) is 2. The molecule has 0 bridgehead atoms. The monoisotopic (exact) mass is 313 g/mol. The minimum Gasteiger partial charge on any atom is -0.326 e. The number of hydrogen-bond donors (Lipinski definition) is 2. The van der Waals surface area contributed by atoms with Crippen molar-refractivity contribution in [1.82, 2.24) is 4.90 Å². The van der Waals surface area contributed by atoms with Crippen LogP contribution in [0.3, 0.4) is 0 Å². The Bertz CT molecular complexity index is 643. The number of urea groups is 1. The Labute approximate surface area is 136 Å². The lowest BCUT2D eigenvalue weighted by molar-refractivity contribution is -0.116. The number of nitrogens with zero attached hydrogens (tertiary/aromatic N) is 1. The van der Waals surface area contributed by atoms with Gasteiger partial charge in [-0.15, -0.1) is 0 Å². The van der Waals surface area contributed by atoms with Crippen molar-refractivity contribution in [3.05, 3.63) is 23.8 Å². The van der Waals surface area contributed by atoms with Gasteiger partial charge in [-0.2, -0.15) is 0 Å². The number of aryl methyl sites for hydroxylation is 1. The highest BCUT2D eigenvalue weighted by molar-refractivity contribution is 5.96. The third kappa shape index (κ3) is 2.80. The summed E-state index contributed by atoms with van der Waals surface area (Å²) in [5.74, 6) is 0.739. The Kier molecular flexibility index (Phi) is 3.71. The summed E-state index contributed by atoms with van der Waals surface area (Å²) in [5.41, 5.74) is 2.73. The summed E-state index contributed by atoms with van der Waals surface area (Å²) in [6.07, 6.45) is 7.32. The number of benzene rings is 1. The molecule has 3 amide bonds. The Morgan fingerprint density at radius 1 is 1.17 bits per heavy atom. The average Bonchev–Trinajstić information content (AvgIpc) is 3.02. The molecule has 1 aromatic carbocycles. The van der Waals surface area contributed by atoms with Gasteiger partial charge in [0.05, 0.1) is 0 Å². The van der Waals surface area contributed by atoms with Crippen LogP contribution in [-0.4, -0.2) is 29.4 Å². The summed E-state index contributed by atoms with van der Waals surface area (Å²) in [6.45, 7) is 0.856. The maximum atomic E-state index is 12.7. The van der Waals surface area contributed by atoms with Crippen LogP contribution in [0.1, 0.15) is 44.1 Å². The molecule has 1 saturated heterocycles. The van der Waals surface area contributed by atoms with Gasteiger partial charge in [-0.25, -0.2) is 4.79 Å². The van der Waals surface area contributed by atoms with Gasteiger partial charge < -0.3 is 15.5 Å². The van der Waals surface area contributed by atoms with E-state index < -0.39 is 0 Å². The van der Waals surface area contributed by atoms with Crippen LogP contribution in [0, 0.1) is 5.92 Å². The van der Waals surface area contributed by atoms with Gasteiger partial charge in [-0.1, -0.05) is 12.5 Å². The van der Waals surface area contributed by atoms with Crippen LogP contribution in [0.5, 0.6) is 0 Å². The molecule has 0 radical (unpaired) electrons. The number of fused-ring (bicyclic) bond motifs is 2. The normalized spacial score (nSPS) is 26.3. The van der Waals surface area contributed by atoms with Crippen LogP contribution in [0.25, 0.3) is 0 Å². The number of piperidine rings is 1. The predicted octanol–water partition coefficient (Wildman–Crippen LogP) is 3.37. The minimum absolute atomic E-state index is 0.00341. The highest BCUT2D eigenvalue weighted by Crippen LogP contribution is 2.37. The van der Waals surface area contributed by atoms with Gasteiger partial charge in [0.1, 0.15) is 0 Å². The van der Waals surface area contributed by atoms with E-state index in [2.05, 4.69) is 10.6 Å². The van der Waals surface area contributed by atoms with Gasteiger partial charge in [-0.05, 0) is 55.7 Å². The first-order valence-electron chi connectivity index (χ1n) is 8.71. The Balaban J connectivity index is 1.48. The molecule has 23 heavy (non-hydrogen) atoms. The van der Waals surface area contributed by atoms with Crippen LogP contribution >= 0.6 is 0 Å². The van der Waals surface area contributed by atoms with Crippen molar-refractivity contribution in [3.63, 3.8) is 0 Å². The lowest BCUT2D eigenvalue weighted by Crippen LogP contribution is -2.48. The molecule has 1 saturated carbocycles. The zero-order valence-electron chi connectivity index (χ0n) is 13.3. The fourth-order valence-electron chi connectivity index (χ4n) is 4.35. The quantitative estimate of drug-likeness (QED) is 0.835. The van der Waals surface area contributed by atoms with Gasteiger partial charge in [0.25, 0.3) is 0 Å². The van der Waals surface area contributed by atoms with Crippen LogP contribution in [0.2, 0.25) is 0 Å². The first-order chi connectivity index (χ1) is 11.2. The molecule has 2 aliphatic heterocycles. The molecular formula is C18H23N3O2. The summed E-state index contributed by atoms with van der Waals surface area (Å²) in [7, 11) is 0. The molecule has 0 aromatic heterocycles. The third-order valence-corrected chi connectivity index (χ3v) is 5.51. The molecule has 2 N–H and O–H groups in total. The Morgan fingerprint density at radius 3 is 2.96 bits per heavy atom. The molecule has 5 nitrogen and oxygen atoms in total. The molecule has 5 heteroatoms. The van der Waals surface area contributed by atoms with E-state index in [4.69, 9.17) is 0 Å². The molecular weight excluding hydrogens is 290 g/mol. The van der Waals surface area contributed by atoms with Crippen molar-refractivity contribution in [2.24, 2.45) is 5.92 Å². The zero-order valence-corrected chi connectivity index (χ0v) is 13.3. The van der Waals surface area contributed by atoms with Gasteiger partial charge in [0.2, 0.25) is 5.91 Å². The number of carbonyl (C=O) groups is 2. The van der Waals surface area contributed by atoms with E-state index in [1.165, 1.54) is 19.3 Å². The number of likely N-dealkylation sites (tertiary alicyclic amines) is 1. The fourth-order valence-corrected chi connectivity index (χ4v) is 4.35. The summed E-state index contributed by atoms with van der Waals surface area (Å²) >= 11 is 0. The first kappa shape index (κ1) is 14.5. The largest absolute Gasteiger partial charge is 0.326 e. The molecule has 0 unspecified atom stereocenters. The molecule has 0 spiro atoms. The second kappa shape index (κ2) is 5.87. The van der Waals surface area contributed by atoms with Gasteiger partial charge in [0.15, 0.2) is 0 Å². The van der Waals surface area contributed by atoms with Gasteiger partial charge >= 0.3 is 6.03 Å². The number of anilines is 2. The standard InChI is InChI=1S/C18H23N3O2/c22-17-9-7-12-6-8-14(11-15(12)20-17)19-18(23)21-10-2-4-13-3-1-5-16(13)21/h6,8,11,13,16H,1-5,7,9-10H2,(H,19,23)(H,20,22)/t13-,16+/m0/s1. The number of hydrogen-bond acceptors (Lipinski definition) is 2. The summed E-state index contributed by atoms with van der Waals surface area (Å²) in [4.78, 5) is 26.2. The molecule has 3 aliphatic rings. The van der Waals surface area contributed by atoms with E-state index in [0.29, 0.717) is 18.4 Å². The van der Waals surface area contributed by atoms with E-state index in [1.54, 1.807) is 0 Å². The van der Waals surface area contributed by atoms with E-state index in [-0.39, 0.29) is 11.9 Å². The van der Waals surface area contributed by atoms with Crippen molar-refractivity contribution in [2.75, 3.05) is 17.2 Å². The number of carbonyl (C=O) groups excluding carboxylic acids is 2. The van der Waals surface area contributed by atoms with E-state index in [9.17, 15) is 9.59 Å². The molecule has 2 fully saturated rings. The molecule has 2 atom stereocenters. The number of rotatable bonds is 1. The van der Waals surface area contributed by atoms with Crippen molar-refractivity contribution in [1.29, 1.82) is 0 Å². The maximum Gasteiger partial charge on any atom is 0.322 e. The van der Waals surface area contributed by atoms with Crippen molar-refractivity contribution < 1.29 is 9.59 Å². The van der Waals surface area contributed by atoms with Crippen LogP contribution in [0.4, 0.5) is 16.2 Å². The highest BCUT2D eigenvalue weighted by atomic mass is 16.2. The Hall–Kier alpha value is -2.04. The lowest BCUT2D eigenvalue weighted by atomic mass is 9.92. The molecule has 1 aromatic rings. The molecule has 1 aliphatic carbocycles. The van der Waals surface area contributed by atoms with E-state index in [0.717, 1.165) is 42.7 Å². The summed E-state index contributed by atoms with van der Waals surface area (Å²) in [5, 5.41) is 5.91. The van der Waals surface area contributed by atoms with Crippen molar-refractivity contribution in [3.8, 4) is 0 Å². The van der Waals surface area contributed by atoms with Gasteiger partial charge in [0, 0.05) is 30.4 Å². The topological polar surface area (TPSA) is 61.4 Å². The predicted molar refractivity (Wildman–Crippen MR) is 89.5 cm³/mol. The van der Waals surface area contributed by atoms with Gasteiger partial charge in [-0.3, -0.25) is 4.79 Å². The number of amides is 3. The van der Waals surface area contributed by atoms with Crippen LogP contribution in [0.15, 0.2) is 18.2 Å². The minimum atomic E-state index is 0.00341. The summed E-state index contributed by atoms with van der Waals surface area (Å²) in [6, 6.07) is 6.23. The summed E-state index contributed by atoms with van der Waals surface area (Å²) < 4.78 is 0. The third-order valence-electron chi connectivity index (χ3n) is 5.51. The maximum absolute atomic E-state index is 12.7. The molecule has 122 valence electrons. The SMILES string of the molecule is O=C1CCc2ccc(NC(=O)N3CCC[C@@H]4CCC[C@H]43)cc2N1. The highest BCUT2D eigenvalue weighted by Gasteiger charge is 2.37. The van der Waals surface area contributed by atoms with Crippen LogP contribution < -0.4 is 10.6 Å². The van der Waals surface area contributed by atoms with E-state index >= 15 is 0 Å². The van der Waals surface area contributed by atoms with Crippen molar-refractivity contribution in [2.45, 2.75) is 51.0 Å². The average molecular weight is 313 g/mol. The second-order valence-corrected chi connectivity index (χ2v) is 6.94. The van der Waals surface area contributed by atoms with E-state index in [1.807, 2.05) is 23.1 Å². The van der Waals surface area contributed by atoms with Crippen molar-refractivity contribution >= 4 is 23.3 Å². The molecule has 4 rings (SSSR count).